The molecule has 0 amide bonds. The number of carbonyl (C=O) groups is 1. The van der Waals surface area contributed by atoms with Gasteiger partial charge in [-0.15, -0.1) is 0 Å². The molecule has 0 heterocycles. The quantitative estimate of drug-likeness (QED) is 0.587. The molecule has 0 fully saturated rings. The lowest BCUT2D eigenvalue weighted by Crippen LogP contribution is -2.00. The summed E-state index contributed by atoms with van der Waals surface area (Å²) < 4.78 is 0. The Labute approximate surface area is 61.6 Å². The predicted octanol–water partition coefficient (Wildman–Crippen LogP) is 1.29. The second kappa shape index (κ2) is 6.49. The highest BCUT2D eigenvalue weighted by Gasteiger charge is 1.92. The van der Waals surface area contributed by atoms with Gasteiger partial charge in [-0.1, -0.05) is 25.5 Å². The Hall–Kier alpha value is -0.630. The van der Waals surface area contributed by atoms with Crippen LogP contribution in [-0.2, 0) is 4.79 Å². The third-order valence-electron chi connectivity index (χ3n) is 1.14. The molecule has 0 aromatic heterocycles. The van der Waals surface area contributed by atoms with Crippen molar-refractivity contribution in [2.24, 2.45) is 0 Å². The van der Waals surface area contributed by atoms with Crippen LogP contribution in [0.3, 0.4) is 0 Å². The van der Waals surface area contributed by atoms with Crippen molar-refractivity contribution in [3.05, 3.63) is 12.2 Å². The maximum atomic E-state index is 10.5. The van der Waals surface area contributed by atoms with E-state index in [0.29, 0.717) is 6.42 Å². The topological polar surface area (TPSA) is 37.3 Å². The fourth-order valence-electron chi connectivity index (χ4n) is 0.564. The van der Waals surface area contributed by atoms with E-state index in [1.807, 2.05) is 12.2 Å². The Kier molecular flexibility index (Phi) is 6.08. The lowest BCUT2D eigenvalue weighted by atomic mass is 10.2. The van der Waals surface area contributed by atoms with E-state index in [1.54, 1.807) is 0 Å². The van der Waals surface area contributed by atoms with E-state index >= 15 is 0 Å². The Morgan fingerprint density at radius 2 is 2.20 bits per heavy atom. The molecule has 10 heavy (non-hydrogen) atoms. The maximum absolute atomic E-state index is 10.5. The van der Waals surface area contributed by atoms with Gasteiger partial charge in [-0.25, -0.2) is 0 Å². The monoisotopic (exact) mass is 142 g/mol. The maximum Gasteiger partial charge on any atom is 0.161 e. The van der Waals surface area contributed by atoms with Crippen molar-refractivity contribution in [2.45, 2.75) is 26.2 Å². The van der Waals surface area contributed by atoms with E-state index in [9.17, 15) is 4.79 Å². The molecule has 2 nitrogen and oxygen atoms in total. The second-order valence-electron chi connectivity index (χ2n) is 2.16. The minimum absolute atomic E-state index is 0.118. The summed E-state index contributed by atoms with van der Waals surface area (Å²) in [4.78, 5) is 10.5. The molecular formula is C8H14O2. The van der Waals surface area contributed by atoms with Crippen LogP contribution in [0.4, 0.5) is 0 Å². The van der Waals surface area contributed by atoms with Gasteiger partial charge in [0.25, 0.3) is 0 Å². The van der Waals surface area contributed by atoms with E-state index < -0.39 is 0 Å². The molecule has 0 saturated carbocycles. The van der Waals surface area contributed by atoms with Gasteiger partial charge in [0.15, 0.2) is 5.78 Å². The van der Waals surface area contributed by atoms with Gasteiger partial charge in [0, 0.05) is 6.42 Å². The first-order valence-corrected chi connectivity index (χ1v) is 3.58. The number of aliphatic hydroxyl groups excluding tert-OH is 1. The van der Waals surface area contributed by atoms with E-state index in [2.05, 4.69) is 6.92 Å². The average Bonchev–Trinajstić information content (AvgIpc) is 1.98. The molecule has 0 aliphatic heterocycles. The van der Waals surface area contributed by atoms with E-state index in [0.717, 1.165) is 12.8 Å². The Bertz CT molecular complexity index is 116. The third kappa shape index (κ3) is 5.51. The van der Waals surface area contributed by atoms with Gasteiger partial charge in [-0.2, -0.15) is 0 Å². The number of hydrogen-bond acceptors (Lipinski definition) is 2. The zero-order chi connectivity index (χ0) is 7.82. The average molecular weight is 142 g/mol. The number of carbonyl (C=O) groups excluding carboxylic acids is 1. The highest BCUT2D eigenvalue weighted by Crippen LogP contribution is 1.91. The summed E-state index contributed by atoms with van der Waals surface area (Å²) in [7, 11) is 0. The molecule has 0 spiro atoms. The molecule has 0 aromatic rings. The first-order valence-electron chi connectivity index (χ1n) is 3.58. The summed E-state index contributed by atoms with van der Waals surface area (Å²) in [5.74, 6) is -0.118. The molecule has 1 N–H and O–H groups in total. The van der Waals surface area contributed by atoms with Crippen LogP contribution in [0, 0.1) is 0 Å². The lowest BCUT2D eigenvalue weighted by Gasteiger charge is -1.87. The molecule has 0 atom stereocenters. The number of Topliss-reactive ketones (excluding diaryl/α,β-unsaturated/α-hetero) is 1. The number of unbranched alkanes of at least 4 members (excludes halogenated alkanes) is 1. The standard InChI is InChI=1S/C8H14O2/c1-2-3-4-5-6-8(10)7-9/h4-5,9H,2-3,6-7H2,1H3/b5-4+. The van der Waals surface area contributed by atoms with Crippen LogP contribution in [0.1, 0.15) is 26.2 Å². The van der Waals surface area contributed by atoms with Crippen LogP contribution in [0.2, 0.25) is 0 Å². The van der Waals surface area contributed by atoms with Crippen molar-refractivity contribution < 1.29 is 9.90 Å². The van der Waals surface area contributed by atoms with Crippen molar-refractivity contribution >= 4 is 5.78 Å². The number of rotatable bonds is 5. The van der Waals surface area contributed by atoms with Crippen molar-refractivity contribution in [2.75, 3.05) is 6.61 Å². The van der Waals surface area contributed by atoms with E-state index in [4.69, 9.17) is 5.11 Å². The lowest BCUT2D eigenvalue weighted by molar-refractivity contribution is -0.120. The van der Waals surface area contributed by atoms with Crippen LogP contribution >= 0.6 is 0 Å². The molecule has 0 rings (SSSR count). The molecular weight excluding hydrogens is 128 g/mol. The molecule has 58 valence electrons. The van der Waals surface area contributed by atoms with Gasteiger partial charge in [-0.05, 0) is 6.42 Å². The summed E-state index contributed by atoms with van der Waals surface area (Å²) in [6, 6.07) is 0. The highest BCUT2D eigenvalue weighted by atomic mass is 16.3. The normalized spacial score (nSPS) is 10.6. The highest BCUT2D eigenvalue weighted by molar-refractivity contribution is 5.80. The van der Waals surface area contributed by atoms with Crippen molar-refractivity contribution in [3.63, 3.8) is 0 Å². The Morgan fingerprint density at radius 1 is 1.50 bits per heavy atom. The number of aliphatic hydroxyl groups is 1. The smallest absolute Gasteiger partial charge is 0.161 e. The SMILES string of the molecule is CCC/C=C/CC(=O)CO. The van der Waals surface area contributed by atoms with Crippen LogP contribution in [0.25, 0.3) is 0 Å². The van der Waals surface area contributed by atoms with Gasteiger partial charge >= 0.3 is 0 Å². The number of ketones is 1. The molecule has 0 unspecified atom stereocenters. The third-order valence-corrected chi connectivity index (χ3v) is 1.14. The largest absolute Gasteiger partial charge is 0.389 e. The summed E-state index contributed by atoms with van der Waals surface area (Å²) in [6.45, 7) is 1.74. The molecule has 0 bridgehead atoms. The first-order chi connectivity index (χ1) is 4.81. The van der Waals surface area contributed by atoms with Gasteiger partial charge in [0.05, 0.1) is 0 Å². The van der Waals surface area contributed by atoms with E-state index in [-0.39, 0.29) is 12.4 Å². The zero-order valence-corrected chi connectivity index (χ0v) is 6.34. The molecule has 0 aromatic carbocycles. The molecule has 0 radical (unpaired) electrons. The van der Waals surface area contributed by atoms with Gasteiger partial charge < -0.3 is 5.11 Å². The molecule has 0 aliphatic carbocycles. The summed E-state index contributed by atoms with van der Waals surface area (Å²) >= 11 is 0. The van der Waals surface area contributed by atoms with Gasteiger partial charge in [0.2, 0.25) is 0 Å². The van der Waals surface area contributed by atoms with Crippen molar-refractivity contribution in [3.8, 4) is 0 Å². The fourth-order valence-corrected chi connectivity index (χ4v) is 0.564. The summed E-state index contributed by atoms with van der Waals surface area (Å²) in [5.41, 5.74) is 0. The fraction of sp³-hybridized carbons (Fsp3) is 0.625. The summed E-state index contributed by atoms with van der Waals surface area (Å²) in [5, 5.41) is 8.31. The minimum Gasteiger partial charge on any atom is -0.389 e. The predicted molar refractivity (Wildman–Crippen MR) is 40.8 cm³/mol. The van der Waals surface area contributed by atoms with Crippen molar-refractivity contribution in [1.29, 1.82) is 0 Å². The van der Waals surface area contributed by atoms with E-state index in [1.165, 1.54) is 0 Å². The Morgan fingerprint density at radius 3 is 2.70 bits per heavy atom. The van der Waals surface area contributed by atoms with Crippen LogP contribution < -0.4 is 0 Å². The second-order valence-corrected chi connectivity index (χ2v) is 2.16. The minimum atomic E-state index is -0.337. The molecule has 0 saturated heterocycles. The van der Waals surface area contributed by atoms with Crippen molar-refractivity contribution in [1.82, 2.24) is 0 Å². The molecule has 2 heteroatoms. The Balaban J connectivity index is 3.25. The van der Waals surface area contributed by atoms with Crippen LogP contribution in [-0.4, -0.2) is 17.5 Å². The van der Waals surface area contributed by atoms with Crippen LogP contribution in [0.15, 0.2) is 12.2 Å². The van der Waals surface area contributed by atoms with Gasteiger partial charge in [0.1, 0.15) is 6.61 Å². The summed E-state index contributed by atoms with van der Waals surface area (Å²) in [6.07, 6.45) is 6.26. The van der Waals surface area contributed by atoms with Gasteiger partial charge in [-0.3, -0.25) is 4.79 Å². The first kappa shape index (κ1) is 9.37. The molecule has 0 aliphatic rings. The number of allylic oxidation sites excluding steroid dienone is 2. The van der Waals surface area contributed by atoms with Crippen LogP contribution in [0.5, 0.6) is 0 Å². The zero-order valence-electron chi connectivity index (χ0n) is 6.34. The number of hydrogen-bond donors (Lipinski definition) is 1.